The lowest BCUT2D eigenvalue weighted by molar-refractivity contribution is 0.145. The Morgan fingerprint density at radius 2 is 2.00 bits per heavy atom. The van der Waals surface area contributed by atoms with Crippen LogP contribution in [0, 0.1) is 0 Å². The van der Waals surface area contributed by atoms with Gasteiger partial charge in [0.2, 0.25) is 15.0 Å². The summed E-state index contributed by atoms with van der Waals surface area (Å²) < 4.78 is 30.5. The van der Waals surface area contributed by atoms with Gasteiger partial charge in [-0.1, -0.05) is 20.3 Å². The topological polar surface area (TPSA) is 94.1 Å². The first kappa shape index (κ1) is 15.9. The largest absolute Gasteiger partial charge is 0.380 e. The zero-order valence-electron chi connectivity index (χ0n) is 11.4. The molecule has 0 aliphatic carbocycles. The summed E-state index contributed by atoms with van der Waals surface area (Å²) in [4.78, 5) is 11.4. The Kier molecular flexibility index (Phi) is 6.23. The van der Waals surface area contributed by atoms with Crippen LogP contribution in [0.2, 0.25) is 0 Å². The van der Waals surface area contributed by atoms with Gasteiger partial charge in [0.25, 0.3) is 0 Å². The molecule has 7 nitrogen and oxygen atoms in total. The minimum atomic E-state index is -3.58. The Bertz CT molecular complexity index is 532. The summed E-state index contributed by atoms with van der Waals surface area (Å²) >= 11 is 0. The van der Waals surface area contributed by atoms with Crippen molar-refractivity contribution in [1.82, 2.24) is 14.8 Å². The van der Waals surface area contributed by atoms with Gasteiger partial charge in [-0.25, -0.2) is 18.3 Å². The second kappa shape index (κ2) is 7.44. The van der Waals surface area contributed by atoms with Gasteiger partial charge >= 0.3 is 5.69 Å². The molecule has 110 valence electrons. The van der Waals surface area contributed by atoms with Crippen molar-refractivity contribution < 1.29 is 13.2 Å². The summed E-state index contributed by atoms with van der Waals surface area (Å²) in [6.45, 7) is 4.90. The maximum absolute atomic E-state index is 12.1. The number of hydrogen-bond acceptors (Lipinski definition) is 5. The Morgan fingerprint density at radius 1 is 1.26 bits per heavy atom. The van der Waals surface area contributed by atoms with Crippen LogP contribution in [0.1, 0.15) is 33.1 Å². The summed E-state index contributed by atoms with van der Waals surface area (Å²) in [6, 6.07) is 0. The van der Waals surface area contributed by atoms with Crippen LogP contribution in [0.15, 0.2) is 9.95 Å². The van der Waals surface area contributed by atoms with E-state index in [0.717, 1.165) is 17.4 Å². The van der Waals surface area contributed by atoms with Crippen LogP contribution in [0.5, 0.6) is 0 Å². The number of sulfone groups is 1. The van der Waals surface area contributed by atoms with Crippen LogP contribution in [0.4, 0.5) is 0 Å². The molecule has 8 heteroatoms. The van der Waals surface area contributed by atoms with Crippen LogP contribution < -0.4 is 5.69 Å². The highest BCUT2D eigenvalue weighted by Gasteiger charge is 2.22. The van der Waals surface area contributed by atoms with Crippen molar-refractivity contribution in [3.05, 3.63) is 10.5 Å². The molecule has 1 aromatic heterocycles. The Hall–Kier alpha value is -1.15. The van der Waals surface area contributed by atoms with Crippen molar-refractivity contribution in [2.75, 3.05) is 19.0 Å². The van der Waals surface area contributed by atoms with Crippen LogP contribution in [0.3, 0.4) is 0 Å². The number of nitrogens with zero attached hydrogens (tertiary/aromatic N) is 2. The van der Waals surface area contributed by atoms with Crippen LogP contribution in [0.25, 0.3) is 0 Å². The van der Waals surface area contributed by atoms with Crippen LogP contribution in [-0.4, -0.2) is 42.1 Å². The number of unbranched alkanes of at least 4 members (excludes halogenated alkanes) is 1. The third-order valence-corrected chi connectivity index (χ3v) is 4.16. The molecule has 1 N–H and O–H groups in total. The van der Waals surface area contributed by atoms with Gasteiger partial charge in [-0.05, 0) is 12.8 Å². The lowest BCUT2D eigenvalue weighted by atomic mass is 10.4. The highest BCUT2D eigenvalue weighted by atomic mass is 32.2. The molecule has 1 heterocycles. The molecule has 1 aromatic rings. The molecule has 0 aliphatic rings. The van der Waals surface area contributed by atoms with E-state index in [9.17, 15) is 13.2 Å². The van der Waals surface area contributed by atoms with E-state index >= 15 is 0 Å². The molecule has 0 spiro atoms. The van der Waals surface area contributed by atoms with Gasteiger partial charge in [-0.2, -0.15) is 0 Å². The molecular formula is C11H21N3O4S. The smallest absolute Gasteiger partial charge is 0.344 e. The molecule has 19 heavy (non-hydrogen) atoms. The van der Waals surface area contributed by atoms with Crippen molar-refractivity contribution in [1.29, 1.82) is 0 Å². The maximum atomic E-state index is 12.1. The van der Waals surface area contributed by atoms with Gasteiger partial charge < -0.3 is 4.74 Å². The number of aromatic amines is 1. The molecule has 0 aliphatic heterocycles. The van der Waals surface area contributed by atoms with Crippen LogP contribution >= 0.6 is 0 Å². The molecule has 0 bridgehead atoms. The summed E-state index contributed by atoms with van der Waals surface area (Å²) in [5.41, 5.74) is -0.493. The second-order valence-corrected chi connectivity index (χ2v) is 6.25. The van der Waals surface area contributed by atoms with E-state index in [0.29, 0.717) is 19.6 Å². The minimum Gasteiger partial charge on any atom is -0.380 e. The van der Waals surface area contributed by atoms with Gasteiger partial charge in [0.1, 0.15) is 0 Å². The van der Waals surface area contributed by atoms with Gasteiger partial charge in [-0.15, -0.1) is 5.10 Å². The van der Waals surface area contributed by atoms with E-state index in [-0.39, 0.29) is 17.5 Å². The molecule has 0 unspecified atom stereocenters. The van der Waals surface area contributed by atoms with Gasteiger partial charge in [0.05, 0.1) is 12.4 Å². The fraction of sp³-hybridized carbons (Fsp3) is 0.818. The van der Waals surface area contributed by atoms with Crippen molar-refractivity contribution in [3.63, 3.8) is 0 Å². The number of hydrogen-bond donors (Lipinski definition) is 1. The van der Waals surface area contributed by atoms with E-state index in [2.05, 4.69) is 10.2 Å². The number of rotatable bonds is 9. The first-order chi connectivity index (χ1) is 9.03. The van der Waals surface area contributed by atoms with Crippen molar-refractivity contribution in [2.45, 2.75) is 44.8 Å². The first-order valence-corrected chi connectivity index (χ1v) is 8.13. The van der Waals surface area contributed by atoms with E-state index in [1.807, 2.05) is 13.8 Å². The van der Waals surface area contributed by atoms with Gasteiger partial charge in [0, 0.05) is 13.2 Å². The lowest BCUT2D eigenvalue weighted by Gasteiger charge is -2.06. The van der Waals surface area contributed by atoms with Crippen molar-refractivity contribution in [3.8, 4) is 0 Å². The first-order valence-electron chi connectivity index (χ1n) is 6.48. The summed E-state index contributed by atoms with van der Waals surface area (Å²) in [5, 5.41) is 5.58. The summed E-state index contributed by atoms with van der Waals surface area (Å²) in [6.07, 6.45) is 2.57. The Labute approximate surface area is 112 Å². The summed E-state index contributed by atoms with van der Waals surface area (Å²) in [7, 11) is -3.58. The number of nitrogens with one attached hydrogen (secondary N) is 1. The Balaban J connectivity index is 2.69. The zero-order valence-corrected chi connectivity index (χ0v) is 12.2. The average Bonchev–Trinajstić information content (AvgIpc) is 2.72. The fourth-order valence-electron chi connectivity index (χ4n) is 1.57. The lowest BCUT2D eigenvalue weighted by Crippen LogP contribution is -2.23. The molecule has 0 saturated carbocycles. The minimum absolute atomic E-state index is 0.121. The third kappa shape index (κ3) is 4.46. The molecule has 0 saturated heterocycles. The average molecular weight is 291 g/mol. The van der Waals surface area contributed by atoms with E-state index in [1.54, 1.807) is 0 Å². The highest BCUT2D eigenvalue weighted by molar-refractivity contribution is 7.91. The van der Waals surface area contributed by atoms with E-state index < -0.39 is 15.5 Å². The standard InChI is InChI=1S/C11H21N3O4S/c1-3-5-7-18-8-9-19(16,17)11-13-12-10(15)14(11)6-4-2/h3-9H2,1-2H3,(H,12,15). The van der Waals surface area contributed by atoms with Gasteiger partial charge in [-0.3, -0.25) is 4.57 Å². The SMILES string of the molecule is CCCCOCCS(=O)(=O)c1n[nH]c(=O)n1CCC. The highest BCUT2D eigenvalue weighted by Crippen LogP contribution is 2.06. The fourth-order valence-corrected chi connectivity index (χ4v) is 2.78. The molecule has 0 radical (unpaired) electrons. The van der Waals surface area contributed by atoms with Crippen molar-refractivity contribution in [2.24, 2.45) is 0 Å². The third-order valence-electron chi connectivity index (χ3n) is 2.59. The van der Waals surface area contributed by atoms with E-state index in [1.165, 1.54) is 0 Å². The summed E-state index contributed by atoms with van der Waals surface area (Å²) in [5.74, 6) is -0.162. The quantitative estimate of drug-likeness (QED) is 0.671. The number of H-pyrrole nitrogens is 1. The Morgan fingerprint density at radius 3 is 2.63 bits per heavy atom. The van der Waals surface area contributed by atoms with Crippen LogP contribution in [-0.2, 0) is 21.1 Å². The normalized spacial score (nSPS) is 11.9. The predicted molar refractivity (Wildman–Crippen MR) is 70.9 cm³/mol. The molecule has 0 fully saturated rings. The molecule has 0 amide bonds. The maximum Gasteiger partial charge on any atom is 0.344 e. The number of aromatic nitrogens is 3. The molecule has 0 aromatic carbocycles. The van der Waals surface area contributed by atoms with Gasteiger partial charge in [0.15, 0.2) is 0 Å². The predicted octanol–water partition coefficient (Wildman–Crippen LogP) is 0.572. The molecular weight excluding hydrogens is 270 g/mol. The van der Waals surface area contributed by atoms with E-state index in [4.69, 9.17) is 4.74 Å². The second-order valence-electron chi connectivity index (χ2n) is 4.25. The number of ether oxygens (including phenoxy) is 1. The van der Waals surface area contributed by atoms with Crippen molar-refractivity contribution >= 4 is 9.84 Å². The zero-order chi connectivity index (χ0) is 14.3. The monoisotopic (exact) mass is 291 g/mol. The molecule has 0 atom stereocenters. The molecule has 1 rings (SSSR count).